The molecule has 0 heterocycles. The number of benzene rings is 1. The van der Waals surface area contributed by atoms with E-state index in [0.717, 1.165) is 0 Å². The van der Waals surface area contributed by atoms with Crippen LogP contribution in [-0.2, 0) is 4.79 Å². The second-order valence-electron chi connectivity index (χ2n) is 3.79. The summed E-state index contributed by atoms with van der Waals surface area (Å²) in [5.41, 5.74) is 5.69. The van der Waals surface area contributed by atoms with Crippen LogP contribution in [0.25, 0.3) is 0 Å². The van der Waals surface area contributed by atoms with Crippen molar-refractivity contribution in [2.75, 3.05) is 13.7 Å². The molecule has 5 heteroatoms. The van der Waals surface area contributed by atoms with Crippen LogP contribution in [0, 0.1) is 12.7 Å². The lowest BCUT2D eigenvalue weighted by molar-refractivity contribution is -0.120. The molecule has 1 amide bonds. The van der Waals surface area contributed by atoms with Gasteiger partial charge < -0.3 is 15.8 Å². The van der Waals surface area contributed by atoms with Crippen LogP contribution in [0.2, 0.25) is 0 Å². The molecule has 0 saturated carbocycles. The number of primary amides is 1. The van der Waals surface area contributed by atoms with Gasteiger partial charge in [0, 0.05) is 6.42 Å². The minimum absolute atomic E-state index is 0.261. The number of carbonyl (C=O) groups excluding carboxylic acids is 1. The van der Waals surface area contributed by atoms with Gasteiger partial charge in [0.25, 0.3) is 0 Å². The minimum Gasteiger partial charge on any atom is -0.494 e. The first-order valence-electron chi connectivity index (χ1n) is 5.40. The molecule has 0 radical (unpaired) electrons. The first-order valence-corrected chi connectivity index (χ1v) is 5.40. The van der Waals surface area contributed by atoms with Gasteiger partial charge in [0.05, 0.1) is 12.6 Å². The number of rotatable bonds is 6. The van der Waals surface area contributed by atoms with E-state index in [1.807, 2.05) is 0 Å². The van der Waals surface area contributed by atoms with E-state index in [-0.39, 0.29) is 5.82 Å². The summed E-state index contributed by atoms with van der Waals surface area (Å²) >= 11 is 0. The zero-order chi connectivity index (χ0) is 12.8. The lowest BCUT2D eigenvalue weighted by atomic mass is 10.2. The van der Waals surface area contributed by atoms with Crippen molar-refractivity contribution in [2.24, 2.45) is 5.73 Å². The number of halogens is 1. The van der Waals surface area contributed by atoms with Crippen LogP contribution in [0.1, 0.15) is 12.0 Å². The molecule has 0 bridgehead atoms. The van der Waals surface area contributed by atoms with Crippen LogP contribution < -0.4 is 15.8 Å². The molecular weight excluding hydrogens is 223 g/mol. The fraction of sp³-hybridized carbons (Fsp3) is 0.417. The number of carbonyl (C=O) groups is 1. The topological polar surface area (TPSA) is 64.3 Å². The van der Waals surface area contributed by atoms with E-state index < -0.39 is 11.9 Å². The van der Waals surface area contributed by atoms with Gasteiger partial charge in [-0.05, 0) is 37.7 Å². The maximum Gasteiger partial charge on any atom is 0.234 e. The molecule has 3 N–H and O–H groups in total. The highest BCUT2D eigenvalue weighted by atomic mass is 19.1. The monoisotopic (exact) mass is 240 g/mol. The van der Waals surface area contributed by atoms with Gasteiger partial charge in [-0.15, -0.1) is 0 Å². The van der Waals surface area contributed by atoms with Crippen molar-refractivity contribution >= 4 is 5.91 Å². The van der Waals surface area contributed by atoms with Crippen LogP contribution >= 0.6 is 0 Å². The molecule has 1 atom stereocenters. The van der Waals surface area contributed by atoms with E-state index in [0.29, 0.717) is 24.3 Å². The molecule has 1 unspecified atom stereocenters. The number of hydrogen-bond donors (Lipinski definition) is 2. The van der Waals surface area contributed by atoms with Crippen molar-refractivity contribution in [3.63, 3.8) is 0 Å². The van der Waals surface area contributed by atoms with Crippen LogP contribution in [0.4, 0.5) is 4.39 Å². The Bertz CT molecular complexity index is 396. The minimum atomic E-state index is -0.411. The highest BCUT2D eigenvalue weighted by Gasteiger charge is 2.12. The van der Waals surface area contributed by atoms with E-state index in [9.17, 15) is 9.18 Å². The van der Waals surface area contributed by atoms with Gasteiger partial charge in [0.1, 0.15) is 11.6 Å². The van der Waals surface area contributed by atoms with Crippen molar-refractivity contribution < 1.29 is 13.9 Å². The first kappa shape index (κ1) is 13.4. The normalized spacial score (nSPS) is 12.2. The summed E-state index contributed by atoms with van der Waals surface area (Å²) in [6, 6.07) is 4.13. The number of likely N-dealkylation sites (N-methyl/N-ethyl adjacent to an activating group) is 1. The second-order valence-corrected chi connectivity index (χ2v) is 3.79. The number of aryl methyl sites for hydroxylation is 1. The van der Waals surface area contributed by atoms with E-state index >= 15 is 0 Å². The molecule has 0 spiro atoms. The van der Waals surface area contributed by atoms with Gasteiger partial charge in [-0.2, -0.15) is 0 Å². The molecule has 0 aliphatic rings. The largest absolute Gasteiger partial charge is 0.494 e. The standard InChI is InChI=1S/C12H17FN2O2/c1-8-7-9(3-4-10(8)13)17-6-5-11(15-2)12(14)16/h3-4,7,11,15H,5-6H2,1-2H3,(H2,14,16). The molecule has 0 saturated heterocycles. The van der Waals surface area contributed by atoms with Crippen LogP contribution in [0.5, 0.6) is 5.75 Å². The van der Waals surface area contributed by atoms with Crippen LogP contribution in [0.15, 0.2) is 18.2 Å². The van der Waals surface area contributed by atoms with Crippen molar-refractivity contribution in [3.05, 3.63) is 29.6 Å². The quantitative estimate of drug-likeness (QED) is 0.779. The van der Waals surface area contributed by atoms with E-state index in [1.54, 1.807) is 26.1 Å². The van der Waals surface area contributed by atoms with Gasteiger partial charge in [-0.1, -0.05) is 0 Å². The molecule has 1 aromatic carbocycles. The Morgan fingerprint density at radius 1 is 1.59 bits per heavy atom. The van der Waals surface area contributed by atoms with Crippen LogP contribution in [0.3, 0.4) is 0 Å². The lowest BCUT2D eigenvalue weighted by Crippen LogP contribution is -2.40. The third kappa shape index (κ3) is 4.03. The fourth-order valence-corrected chi connectivity index (χ4v) is 1.43. The summed E-state index contributed by atoms with van der Waals surface area (Å²) in [6.45, 7) is 2.02. The molecule has 0 fully saturated rings. The molecular formula is C12H17FN2O2. The summed E-state index contributed by atoms with van der Waals surface area (Å²) in [5.74, 6) is -0.0859. The summed E-state index contributed by atoms with van der Waals surface area (Å²) in [7, 11) is 1.66. The van der Waals surface area contributed by atoms with Crippen molar-refractivity contribution in [2.45, 2.75) is 19.4 Å². The number of ether oxygens (including phenoxy) is 1. The predicted octanol–water partition coefficient (Wildman–Crippen LogP) is 0.976. The Balaban J connectivity index is 2.45. The molecule has 0 aliphatic carbocycles. The van der Waals surface area contributed by atoms with E-state index in [4.69, 9.17) is 10.5 Å². The summed E-state index contributed by atoms with van der Waals surface area (Å²) in [5, 5.41) is 2.79. The summed E-state index contributed by atoms with van der Waals surface area (Å²) in [4.78, 5) is 10.9. The van der Waals surface area contributed by atoms with Crippen LogP contribution in [-0.4, -0.2) is 25.6 Å². The highest BCUT2D eigenvalue weighted by Crippen LogP contribution is 2.16. The highest BCUT2D eigenvalue weighted by molar-refractivity contribution is 5.79. The zero-order valence-electron chi connectivity index (χ0n) is 10.00. The van der Waals surface area contributed by atoms with Gasteiger partial charge in [0.2, 0.25) is 5.91 Å². The number of nitrogens with two attached hydrogens (primary N) is 1. The maximum absolute atomic E-state index is 13.0. The van der Waals surface area contributed by atoms with Crippen molar-refractivity contribution in [1.29, 1.82) is 0 Å². The molecule has 1 rings (SSSR count). The number of hydrogen-bond acceptors (Lipinski definition) is 3. The SMILES string of the molecule is CNC(CCOc1ccc(F)c(C)c1)C(N)=O. The molecule has 17 heavy (non-hydrogen) atoms. The second kappa shape index (κ2) is 6.20. The van der Waals surface area contributed by atoms with Gasteiger partial charge in [-0.3, -0.25) is 4.79 Å². The van der Waals surface area contributed by atoms with E-state index in [2.05, 4.69) is 5.32 Å². The van der Waals surface area contributed by atoms with Crippen molar-refractivity contribution in [3.8, 4) is 5.75 Å². The Hall–Kier alpha value is -1.62. The Kier molecular flexibility index (Phi) is 4.90. The third-order valence-corrected chi connectivity index (χ3v) is 2.50. The molecule has 0 aliphatic heterocycles. The van der Waals surface area contributed by atoms with Gasteiger partial charge >= 0.3 is 0 Å². The molecule has 4 nitrogen and oxygen atoms in total. The lowest BCUT2D eigenvalue weighted by Gasteiger charge is -2.13. The average molecular weight is 240 g/mol. The molecule has 0 aromatic heterocycles. The Morgan fingerprint density at radius 2 is 2.29 bits per heavy atom. The predicted molar refractivity (Wildman–Crippen MR) is 63.3 cm³/mol. The van der Waals surface area contributed by atoms with Gasteiger partial charge in [-0.25, -0.2) is 4.39 Å². The fourth-order valence-electron chi connectivity index (χ4n) is 1.43. The summed E-state index contributed by atoms with van der Waals surface area (Å²) < 4.78 is 18.4. The Morgan fingerprint density at radius 3 is 2.82 bits per heavy atom. The Labute approximate surface area is 100.0 Å². The van der Waals surface area contributed by atoms with Gasteiger partial charge in [0.15, 0.2) is 0 Å². The number of amides is 1. The van der Waals surface area contributed by atoms with Crippen molar-refractivity contribution in [1.82, 2.24) is 5.32 Å². The molecule has 1 aromatic rings. The van der Waals surface area contributed by atoms with E-state index in [1.165, 1.54) is 6.07 Å². The average Bonchev–Trinajstić information content (AvgIpc) is 2.28. The first-order chi connectivity index (χ1) is 8.04. The molecule has 94 valence electrons. The maximum atomic E-state index is 13.0. The summed E-state index contributed by atoms with van der Waals surface area (Å²) in [6.07, 6.45) is 0.474. The zero-order valence-corrected chi connectivity index (χ0v) is 10.00. The smallest absolute Gasteiger partial charge is 0.234 e. The number of nitrogens with one attached hydrogen (secondary N) is 1. The third-order valence-electron chi connectivity index (χ3n) is 2.50.